The molecular formula is C20H42O5. The van der Waals surface area contributed by atoms with Crippen LogP contribution in [0.3, 0.4) is 0 Å². The van der Waals surface area contributed by atoms with Gasteiger partial charge < -0.3 is 20.4 Å². The minimum atomic E-state index is -0.954. The number of rotatable bonds is 15. The molecule has 0 spiro atoms. The summed E-state index contributed by atoms with van der Waals surface area (Å²) in [6.07, 6.45) is 13.0. The van der Waals surface area contributed by atoms with Gasteiger partial charge in [0.25, 0.3) is 0 Å². The fraction of sp³-hybridized carbons (Fsp3) is 0.950. The summed E-state index contributed by atoms with van der Waals surface area (Å²) in [6.45, 7) is 5.54. The maximum Gasteiger partial charge on any atom is 0.306 e. The third-order valence-corrected chi connectivity index (χ3v) is 4.41. The van der Waals surface area contributed by atoms with Crippen molar-refractivity contribution in [1.82, 2.24) is 0 Å². The molecule has 0 aromatic carbocycles. The van der Waals surface area contributed by atoms with E-state index in [2.05, 4.69) is 6.92 Å². The normalized spacial score (nSPS) is 12.2. The van der Waals surface area contributed by atoms with Crippen LogP contribution in [0.2, 0.25) is 0 Å². The van der Waals surface area contributed by atoms with Crippen molar-refractivity contribution in [3.8, 4) is 0 Å². The zero-order chi connectivity index (χ0) is 19.5. The van der Waals surface area contributed by atoms with E-state index in [4.69, 9.17) is 20.4 Å². The van der Waals surface area contributed by atoms with E-state index in [9.17, 15) is 4.79 Å². The highest BCUT2D eigenvalue weighted by Gasteiger charge is 2.20. The van der Waals surface area contributed by atoms with E-state index < -0.39 is 12.1 Å². The average Bonchev–Trinajstić information content (AvgIpc) is 2.58. The van der Waals surface area contributed by atoms with Crippen molar-refractivity contribution in [2.45, 2.75) is 97.5 Å². The fourth-order valence-electron chi connectivity index (χ4n) is 2.65. The lowest BCUT2D eigenvalue weighted by molar-refractivity contribution is -0.143. The number of carboxylic acid groups (broad SMARTS) is 1. The Balaban J connectivity index is 0. The Labute approximate surface area is 154 Å². The van der Waals surface area contributed by atoms with Gasteiger partial charge in [-0.15, -0.1) is 0 Å². The number of carboxylic acids is 1. The Morgan fingerprint density at radius 1 is 0.800 bits per heavy atom. The maximum atomic E-state index is 11.0. The predicted molar refractivity (Wildman–Crippen MR) is 103 cm³/mol. The molecule has 0 aliphatic carbocycles. The van der Waals surface area contributed by atoms with Crippen molar-refractivity contribution >= 4 is 5.97 Å². The van der Waals surface area contributed by atoms with Gasteiger partial charge in [0.1, 0.15) is 6.10 Å². The lowest BCUT2D eigenvalue weighted by Crippen LogP contribution is -2.19. The van der Waals surface area contributed by atoms with E-state index in [1.165, 1.54) is 57.8 Å². The van der Waals surface area contributed by atoms with Gasteiger partial charge in [-0.1, -0.05) is 85.0 Å². The van der Waals surface area contributed by atoms with Crippen LogP contribution in [-0.4, -0.2) is 45.7 Å². The molecule has 0 fully saturated rings. The standard InChI is InChI=1S/C17H34O2.C3H8O3/c1-4-5-6-7-8-9-10-11-12-13-14-16(15(2)3)17(18)19;4-1-3(6)2-5/h15-16H,4-14H2,1-3H3,(H,18,19);3-6H,1-2H2. The highest BCUT2D eigenvalue weighted by molar-refractivity contribution is 5.70. The topological polar surface area (TPSA) is 98.0 Å². The minimum absolute atomic E-state index is 0.144. The predicted octanol–water partition coefficient (Wildman–Crippen LogP) is 3.99. The van der Waals surface area contributed by atoms with Crippen molar-refractivity contribution in [2.75, 3.05) is 13.2 Å². The molecule has 0 aromatic rings. The first kappa shape index (κ1) is 26.6. The molecule has 0 saturated heterocycles. The number of hydrogen-bond acceptors (Lipinski definition) is 4. The Morgan fingerprint density at radius 3 is 1.48 bits per heavy atom. The van der Waals surface area contributed by atoms with Crippen LogP contribution in [-0.2, 0) is 4.79 Å². The van der Waals surface area contributed by atoms with E-state index >= 15 is 0 Å². The first-order chi connectivity index (χ1) is 11.9. The summed E-state index contributed by atoms with van der Waals surface area (Å²) in [4.78, 5) is 11.0. The zero-order valence-corrected chi connectivity index (χ0v) is 16.6. The molecule has 4 N–H and O–H groups in total. The van der Waals surface area contributed by atoms with Crippen LogP contribution in [0.25, 0.3) is 0 Å². The summed E-state index contributed by atoms with van der Waals surface area (Å²) in [6, 6.07) is 0. The van der Waals surface area contributed by atoms with Crippen molar-refractivity contribution in [3.05, 3.63) is 0 Å². The lowest BCUT2D eigenvalue weighted by Gasteiger charge is -2.15. The van der Waals surface area contributed by atoms with Crippen LogP contribution < -0.4 is 0 Å². The van der Waals surface area contributed by atoms with Crippen LogP contribution in [0.4, 0.5) is 0 Å². The number of hydrogen-bond donors (Lipinski definition) is 4. The van der Waals surface area contributed by atoms with Crippen molar-refractivity contribution < 1.29 is 25.2 Å². The molecular weight excluding hydrogens is 320 g/mol. The van der Waals surface area contributed by atoms with Gasteiger partial charge in [-0.3, -0.25) is 4.79 Å². The molecule has 0 aliphatic heterocycles. The Bertz CT molecular complexity index is 277. The van der Waals surface area contributed by atoms with Crippen LogP contribution in [0.5, 0.6) is 0 Å². The molecule has 0 rings (SSSR count). The van der Waals surface area contributed by atoms with Gasteiger partial charge in [-0.2, -0.15) is 0 Å². The first-order valence-corrected chi connectivity index (χ1v) is 10.0. The van der Waals surface area contributed by atoms with E-state index in [-0.39, 0.29) is 25.0 Å². The summed E-state index contributed by atoms with van der Waals surface area (Å²) in [5.74, 6) is -0.504. The molecule has 0 bridgehead atoms. The first-order valence-electron chi connectivity index (χ1n) is 10.0. The summed E-state index contributed by atoms with van der Waals surface area (Å²) in [5, 5.41) is 33.1. The van der Waals surface area contributed by atoms with Crippen LogP contribution in [0.1, 0.15) is 91.4 Å². The molecule has 5 heteroatoms. The Kier molecular flexibility index (Phi) is 20.9. The Hall–Kier alpha value is -0.650. The molecule has 1 unspecified atom stereocenters. The van der Waals surface area contributed by atoms with E-state index in [1.54, 1.807) is 0 Å². The quantitative estimate of drug-likeness (QED) is 0.330. The maximum absolute atomic E-state index is 11.0. The van der Waals surface area contributed by atoms with E-state index in [0.29, 0.717) is 0 Å². The van der Waals surface area contributed by atoms with Crippen molar-refractivity contribution in [2.24, 2.45) is 11.8 Å². The third-order valence-electron chi connectivity index (χ3n) is 4.41. The van der Waals surface area contributed by atoms with Crippen LogP contribution in [0, 0.1) is 11.8 Å². The monoisotopic (exact) mass is 362 g/mol. The second kappa shape index (κ2) is 19.7. The summed E-state index contributed by atoms with van der Waals surface area (Å²) < 4.78 is 0. The number of aliphatic carboxylic acids is 1. The molecule has 0 aliphatic rings. The van der Waals surface area contributed by atoms with E-state index in [1.807, 2.05) is 13.8 Å². The fourth-order valence-corrected chi connectivity index (χ4v) is 2.65. The Morgan fingerprint density at radius 2 is 1.20 bits per heavy atom. The molecule has 0 heterocycles. The summed E-state index contributed by atoms with van der Waals surface area (Å²) >= 11 is 0. The molecule has 0 amide bonds. The van der Waals surface area contributed by atoms with Crippen LogP contribution in [0.15, 0.2) is 0 Å². The van der Waals surface area contributed by atoms with Gasteiger partial charge in [-0.05, 0) is 12.3 Å². The van der Waals surface area contributed by atoms with Crippen LogP contribution >= 0.6 is 0 Å². The van der Waals surface area contributed by atoms with Gasteiger partial charge in [0.2, 0.25) is 0 Å². The number of aliphatic hydroxyl groups excluding tert-OH is 3. The van der Waals surface area contributed by atoms with Crippen molar-refractivity contribution in [3.63, 3.8) is 0 Å². The molecule has 1 atom stereocenters. The zero-order valence-electron chi connectivity index (χ0n) is 16.6. The SMILES string of the molecule is CCCCCCCCCCCCC(C(=O)O)C(C)C.OCC(O)CO. The molecule has 0 radical (unpaired) electrons. The number of carbonyl (C=O) groups is 1. The number of aliphatic hydroxyl groups is 3. The van der Waals surface area contributed by atoms with E-state index in [0.717, 1.165) is 12.8 Å². The smallest absolute Gasteiger partial charge is 0.306 e. The highest BCUT2D eigenvalue weighted by atomic mass is 16.4. The molecule has 5 nitrogen and oxygen atoms in total. The second-order valence-electron chi connectivity index (χ2n) is 7.18. The van der Waals surface area contributed by atoms with Gasteiger partial charge in [0.05, 0.1) is 19.1 Å². The van der Waals surface area contributed by atoms with Gasteiger partial charge in [0.15, 0.2) is 0 Å². The highest BCUT2D eigenvalue weighted by Crippen LogP contribution is 2.20. The molecule has 0 saturated carbocycles. The lowest BCUT2D eigenvalue weighted by atomic mass is 9.90. The van der Waals surface area contributed by atoms with Gasteiger partial charge >= 0.3 is 5.97 Å². The third kappa shape index (κ3) is 19.5. The molecule has 152 valence electrons. The summed E-state index contributed by atoms with van der Waals surface area (Å²) in [5.41, 5.74) is 0. The summed E-state index contributed by atoms with van der Waals surface area (Å²) in [7, 11) is 0. The molecule has 25 heavy (non-hydrogen) atoms. The van der Waals surface area contributed by atoms with Gasteiger partial charge in [-0.25, -0.2) is 0 Å². The largest absolute Gasteiger partial charge is 0.481 e. The second-order valence-corrected chi connectivity index (χ2v) is 7.18. The van der Waals surface area contributed by atoms with Gasteiger partial charge in [0, 0.05) is 0 Å². The average molecular weight is 363 g/mol. The molecule has 0 aromatic heterocycles. The number of unbranched alkanes of at least 4 members (excludes halogenated alkanes) is 9. The minimum Gasteiger partial charge on any atom is -0.481 e. The van der Waals surface area contributed by atoms with Crippen molar-refractivity contribution in [1.29, 1.82) is 0 Å².